The zero-order valence-corrected chi connectivity index (χ0v) is 17.7. The summed E-state index contributed by atoms with van der Waals surface area (Å²) >= 11 is 0. The Morgan fingerprint density at radius 2 is 1.20 bits per heavy atom. The van der Waals surface area contributed by atoms with Gasteiger partial charge in [-0.2, -0.15) is 0 Å². The third-order valence-corrected chi connectivity index (χ3v) is 6.10. The number of hydrogen-bond acceptors (Lipinski definition) is 0. The lowest BCUT2D eigenvalue weighted by molar-refractivity contribution is 1.06. The van der Waals surface area contributed by atoms with Gasteiger partial charge in [0.2, 0.25) is 0 Å². The normalized spacial score (nSPS) is 11.4. The summed E-state index contributed by atoms with van der Waals surface area (Å²) in [6.07, 6.45) is 3.06. The smallest absolute Gasteiger partial charge is 0.0543 e. The monoisotopic (exact) mass is 389 g/mol. The van der Waals surface area contributed by atoms with Crippen molar-refractivity contribution in [2.75, 3.05) is 0 Å². The Bertz CT molecular complexity index is 1300. The molecule has 0 radical (unpaired) electrons. The van der Waals surface area contributed by atoms with Crippen molar-refractivity contribution in [2.24, 2.45) is 0 Å². The maximum Gasteiger partial charge on any atom is 0.0543 e. The first-order valence-corrected chi connectivity index (χ1v) is 11.0. The molecule has 0 bridgehead atoms. The van der Waals surface area contributed by atoms with Crippen LogP contribution in [0.1, 0.15) is 36.1 Å². The molecule has 0 spiro atoms. The molecule has 5 aromatic rings. The molecule has 0 aliphatic carbocycles. The number of para-hydroxylation sites is 1. The summed E-state index contributed by atoms with van der Waals surface area (Å²) in [6, 6.07) is 33.5. The molecule has 1 nitrogen and oxygen atoms in total. The lowest BCUT2D eigenvalue weighted by Crippen LogP contribution is -1.98. The molecule has 0 amide bonds. The molecule has 5 rings (SSSR count). The highest BCUT2D eigenvalue weighted by Gasteiger charge is 2.13. The number of rotatable bonds is 5. The molecule has 0 atom stereocenters. The standard InChI is InChI=1S/C29H27N/c1-3-21-16-22(4-2)19-25(18-21)30-28-13-9-8-12-26(28)27-15-14-24(20-29(27)30)17-23-10-6-5-7-11-23/h5-16,18-20H,3-4,17H2,1-2H3. The molecular formula is C29H27N. The van der Waals surface area contributed by atoms with Gasteiger partial charge in [0.1, 0.15) is 0 Å². The zero-order valence-electron chi connectivity index (χ0n) is 17.7. The van der Waals surface area contributed by atoms with E-state index in [-0.39, 0.29) is 0 Å². The number of hydrogen-bond donors (Lipinski definition) is 0. The van der Waals surface area contributed by atoms with Crippen molar-refractivity contribution in [1.29, 1.82) is 0 Å². The van der Waals surface area contributed by atoms with Crippen LogP contribution in [0, 0.1) is 0 Å². The molecule has 30 heavy (non-hydrogen) atoms. The van der Waals surface area contributed by atoms with Gasteiger partial charge in [0.25, 0.3) is 0 Å². The van der Waals surface area contributed by atoms with E-state index in [4.69, 9.17) is 0 Å². The van der Waals surface area contributed by atoms with Crippen LogP contribution in [0.5, 0.6) is 0 Å². The second-order valence-electron chi connectivity index (χ2n) is 8.08. The van der Waals surface area contributed by atoms with Gasteiger partial charge in [-0.05, 0) is 65.8 Å². The minimum absolute atomic E-state index is 0.952. The molecule has 148 valence electrons. The molecule has 0 fully saturated rings. The van der Waals surface area contributed by atoms with Crippen LogP contribution in [0.3, 0.4) is 0 Å². The summed E-state index contributed by atoms with van der Waals surface area (Å²) in [5, 5.41) is 2.64. The summed E-state index contributed by atoms with van der Waals surface area (Å²) in [5.41, 5.74) is 9.33. The predicted octanol–water partition coefficient (Wildman–Crippen LogP) is 7.50. The van der Waals surface area contributed by atoms with E-state index in [0.29, 0.717) is 0 Å². The van der Waals surface area contributed by atoms with Crippen molar-refractivity contribution in [1.82, 2.24) is 4.57 Å². The Hall–Kier alpha value is -3.32. The van der Waals surface area contributed by atoms with Crippen molar-refractivity contribution >= 4 is 21.8 Å². The minimum Gasteiger partial charge on any atom is -0.309 e. The largest absolute Gasteiger partial charge is 0.309 e. The van der Waals surface area contributed by atoms with Crippen LogP contribution in [-0.4, -0.2) is 4.57 Å². The number of fused-ring (bicyclic) bond motifs is 3. The van der Waals surface area contributed by atoms with Crippen LogP contribution < -0.4 is 0 Å². The third kappa shape index (κ3) is 3.31. The second-order valence-corrected chi connectivity index (χ2v) is 8.08. The Morgan fingerprint density at radius 3 is 1.93 bits per heavy atom. The first-order valence-electron chi connectivity index (χ1n) is 11.0. The van der Waals surface area contributed by atoms with Crippen molar-refractivity contribution in [3.8, 4) is 5.69 Å². The highest BCUT2D eigenvalue weighted by atomic mass is 15.0. The van der Waals surface area contributed by atoms with Crippen LogP contribution in [0.4, 0.5) is 0 Å². The zero-order chi connectivity index (χ0) is 20.5. The molecular weight excluding hydrogens is 362 g/mol. The van der Waals surface area contributed by atoms with Gasteiger partial charge in [0.15, 0.2) is 0 Å². The molecule has 0 unspecified atom stereocenters. The number of aryl methyl sites for hydroxylation is 2. The van der Waals surface area contributed by atoms with E-state index in [0.717, 1.165) is 19.3 Å². The summed E-state index contributed by atoms with van der Waals surface area (Å²) in [4.78, 5) is 0. The summed E-state index contributed by atoms with van der Waals surface area (Å²) < 4.78 is 2.46. The number of aromatic nitrogens is 1. The number of nitrogens with zero attached hydrogens (tertiary/aromatic N) is 1. The van der Waals surface area contributed by atoms with Crippen molar-refractivity contribution < 1.29 is 0 Å². The number of benzene rings is 4. The Kier molecular flexibility index (Phi) is 4.88. The van der Waals surface area contributed by atoms with E-state index < -0.39 is 0 Å². The van der Waals surface area contributed by atoms with Crippen LogP contribution in [0.25, 0.3) is 27.5 Å². The lowest BCUT2D eigenvalue weighted by atomic mass is 10.0. The highest BCUT2D eigenvalue weighted by molar-refractivity contribution is 6.09. The maximum atomic E-state index is 2.46. The highest BCUT2D eigenvalue weighted by Crippen LogP contribution is 2.33. The van der Waals surface area contributed by atoms with E-state index in [1.165, 1.54) is 49.7 Å². The van der Waals surface area contributed by atoms with Gasteiger partial charge in [0.05, 0.1) is 11.0 Å². The van der Waals surface area contributed by atoms with Crippen molar-refractivity contribution in [3.05, 3.63) is 113 Å². The van der Waals surface area contributed by atoms with Gasteiger partial charge < -0.3 is 4.57 Å². The molecule has 4 aromatic carbocycles. The molecule has 0 aliphatic rings. The fourth-order valence-electron chi connectivity index (χ4n) is 4.52. The van der Waals surface area contributed by atoms with E-state index in [1.807, 2.05) is 0 Å². The van der Waals surface area contributed by atoms with E-state index in [9.17, 15) is 0 Å². The Labute approximate surface area is 178 Å². The quantitative estimate of drug-likeness (QED) is 0.293. The van der Waals surface area contributed by atoms with E-state index in [2.05, 4.69) is 109 Å². The lowest BCUT2D eigenvalue weighted by Gasteiger charge is -2.12. The van der Waals surface area contributed by atoms with Crippen LogP contribution in [0.15, 0.2) is 91.0 Å². The molecule has 0 saturated carbocycles. The molecule has 1 heteroatoms. The SMILES string of the molecule is CCc1cc(CC)cc(-n2c3ccccc3c3ccc(Cc4ccccc4)cc32)c1. The van der Waals surface area contributed by atoms with E-state index in [1.54, 1.807) is 0 Å². The van der Waals surface area contributed by atoms with Crippen molar-refractivity contribution in [2.45, 2.75) is 33.1 Å². The van der Waals surface area contributed by atoms with Crippen LogP contribution in [-0.2, 0) is 19.3 Å². The molecule has 0 N–H and O–H groups in total. The summed E-state index contributed by atoms with van der Waals surface area (Å²) in [6.45, 7) is 4.48. The summed E-state index contributed by atoms with van der Waals surface area (Å²) in [5.74, 6) is 0. The third-order valence-electron chi connectivity index (χ3n) is 6.10. The molecule has 1 heterocycles. The second kappa shape index (κ2) is 7.84. The molecule has 0 aliphatic heterocycles. The fourth-order valence-corrected chi connectivity index (χ4v) is 4.52. The van der Waals surface area contributed by atoms with Gasteiger partial charge in [0, 0.05) is 16.5 Å². The van der Waals surface area contributed by atoms with Crippen molar-refractivity contribution in [3.63, 3.8) is 0 Å². The fraction of sp³-hybridized carbons (Fsp3) is 0.172. The maximum absolute atomic E-state index is 2.46. The molecule has 0 saturated heterocycles. The van der Waals surface area contributed by atoms with Gasteiger partial charge in [-0.15, -0.1) is 0 Å². The van der Waals surface area contributed by atoms with E-state index >= 15 is 0 Å². The van der Waals surface area contributed by atoms with Crippen LogP contribution >= 0.6 is 0 Å². The first-order chi connectivity index (χ1) is 14.8. The molecule has 1 aromatic heterocycles. The average molecular weight is 390 g/mol. The first kappa shape index (κ1) is 18.7. The van der Waals surface area contributed by atoms with Gasteiger partial charge >= 0.3 is 0 Å². The van der Waals surface area contributed by atoms with Gasteiger partial charge in [-0.3, -0.25) is 0 Å². The average Bonchev–Trinajstić information content (AvgIpc) is 3.13. The summed E-state index contributed by atoms with van der Waals surface area (Å²) in [7, 11) is 0. The minimum atomic E-state index is 0.952. The Balaban J connectivity index is 1.76. The predicted molar refractivity (Wildman–Crippen MR) is 129 cm³/mol. The van der Waals surface area contributed by atoms with Gasteiger partial charge in [-0.1, -0.05) is 80.6 Å². The van der Waals surface area contributed by atoms with Crippen LogP contribution in [0.2, 0.25) is 0 Å². The van der Waals surface area contributed by atoms with Gasteiger partial charge in [-0.25, -0.2) is 0 Å². The topological polar surface area (TPSA) is 4.93 Å². The Morgan fingerprint density at radius 1 is 0.533 bits per heavy atom.